The van der Waals surface area contributed by atoms with Gasteiger partial charge >= 0.3 is 0 Å². The summed E-state index contributed by atoms with van der Waals surface area (Å²) in [5, 5.41) is 3.06. The molecule has 2 aliphatic rings. The van der Waals surface area contributed by atoms with Crippen molar-refractivity contribution in [1.82, 2.24) is 10.2 Å². The number of carbonyl (C=O) groups is 1. The number of anilines is 1. The molecule has 1 amide bonds. The second-order valence-corrected chi connectivity index (χ2v) is 7.91. The monoisotopic (exact) mass is 417 g/mol. The summed E-state index contributed by atoms with van der Waals surface area (Å²) in [5.41, 5.74) is 4.04. The molecule has 5 nitrogen and oxygen atoms in total. The molecule has 6 heteroatoms. The van der Waals surface area contributed by atoms with Crippen LogP contribution >= 0.6 is 15.9 Å². The Morgan fingerprint density at radius 2 is 2.04 bits per heavy atom. The number of amides is 1. The Labute approximate surface area is 162 Å². The highest BCUT2D eigenvalue weighted by Gasteiger charge is 2.26. The summed E-state index contributed by atoms with van der Waals surface area (Å²) in [6, 6.07) is 10.4. The number of nitrogens with one attached hydrogen (secondary N) is 1. The molecular weight excluding hydrogens is 394 g/mol. The fourth-order valence-electron chi connectivity index (χ4n) is 4.02. The molecule has 138 valence electrons. The lowest BCUT2D eigenvalue weighted by molar-refractivity contribution is 0.0909. The van der Waals surface area contributed by atoms with Crippen molar-refractivity contribution in [2.75, 3.05) is 38.1 Å². The van der Waals surface area contributed by atoms with Crippen LogP contribution < -0.4 is 10.2 Å². The van der Waals surface area contributed by atoms with E-state index in [4.69, 9.17) is 4.42 Å². The van der Waals surface area contributed by atoms with Crippen molar-refractivity contribution in [2.45, 2.75) is 25.3 Å². The Kier molecular flexibility index (Phi) is 5.05. The minimum atomic E-state index is -0.166. The number of benzene rings is 1. The molecule has 3 heterocycles. The van der Waals surface area contributed by atoms with E-state index in [9.17, 15) is 4.79 Å². The third kappa shape index (κ3) is 3.53. The summed E-state index contributed by atoms with van der Waals surface area (Å²) in [6.45, 7) is 3.84. The van der Waals surface area contributed by atoms with Crippen LogP contribution in [-0.4, -0.2) is 44.0 Å². The Morgan fingerprint density at radius 3 is 2.77 bits per heavy atom. The van der Waals surface area contributed by atoms with Crippen LogP contribution in [-0.2, 0) is 6.42 Å². The molecule has 2 aliphatic heterocycles. The van der Waals surface area contributed by atoms with Crippen molar-refractivity contribution in [3.8, 4) is 0 Å². The standard InChI is InChI=1S/C20H24BrN3O2/c1-23-11-8-15-12-14(4-5-16(15)23)17(24-9-2-3-10-24)13-22-20(25)18-6-7-19(21)26-18/h4-7,12,17H,2-3,8-11,13H2,1H3,(H,22,25). The molecule has 1 unspecified atom stereocenters. The molecule has 1 aromatic carbocycles. The van der Waals surface area contributed by atoms with Crippen molar-refractivity contribution < 1.29 is 9.21 Å². The fourth-order valence-corrected chi connectivity index (χ4v) is 4.32. The Balaban J connectivity index is 1.52. The van der Waals surface area contributed by atoms with E-state index >= 15 is 0 Å². The highest BCUT2D eigenvalue weighted by molar-refractivity contribution is 9.10. The maximum absolute atomic E-state index is 12.4. The molecule has 1 aromatic heterocycles. The first kappa shape index (κ1) is 17.6. The molecule has 0 aliphatic carbocycles. The number of hydrogen-bond donors (Lipinski definition) is 1. The molecule has 1 atom stereocenters. The lowest BCUT2D eigenvalue weighted by Gasteiger charge is -2.28. The van der Waals surface area contributed by atoms with E-state index in [0.29, 0.717) is 17.0 Å². The number of rotatable bonds is 5. The summed E-state index contributed by atoms with van der Waals surface area (Å²) in [6.07, 6.45) is 3.55. The number of fused-ring (bicyclic) bond motifs is 1. The number of carbonyl (C=O) groups excluding carboxylic acids is 1. The van der Waals surface area contributed by atoms with Crippen molar-refractivity contribution >= 4 is 27.5 Å². The van der Waals surface area contributed by atoms with Gasteiger partial charge in [0.1, 0.15) is 0 Å². The summed E-state index contributed by atoms with van der Waals surface area (Å²) >= 11 is 3.25. The van der Waals surface area contributed by atoms with Gasteiger partial charge in [-0.2, -0.15) is 0 Å². The third-order valence-electron chi connectivity index (χ3n) is 5.45. The predicted octanol–water partition coefficient (Wildman–Crippen LogP) is 3.60. The summed E-state index contributed by atoms with van der Waals surface area (Å²) < 4.78 is 5.94. The summed E-state index contributed by atoms with van der Waals surface area (Å²) in [5.74, 6) is 0.174. The largest absolute Gasteiger partial charge is 0.444 e. The van der Waals surface area contributed by atoms with Crippen LogP contribution in [0.1, 0.15) is 40.6 Å². The van der Waals surface area contributed by atoms with Crippen LogP contribution in [0.4, 0.5) is 5.69 Å². The first-order valence-corrected chi connectivity index (χ1v) is 10.0. The molecule has 1 fully saturated rings. The lowest BCUT2D eigenvalue weighted by Crippen LogP contribution is -2.36. The number of likely N-dealkylation sites (N-methyl/N-ethyl adjacent to an activating group) is 1. The van der Waals surface area contributed by atoms with Gasteiger partial charge < -0.3 is 14.6 Å². The average Bonchev–Trinajstić information content (AvgIpc) is 3.37. The van der Waals surface area contributed by atoms with Gasteiger partial charge in [0.15, 0.2) is 10.4 Å². The first-order chi connectivity index (χ1) is 12.6. The minimum absolute atomic E-state index is 0.166. The van der Waals surface area contributed by atoms with Gasteiger partial charge in [0, 0.05) is 25.8 Å². The highest BCUT2D eigenvalue weighted by Crippen LogP contribution is 2.32. The topological polar surface area (TPSA) is 48.7 Å². The van der Waals surface area contributed by atoms with Crippen molar-refractivity contribution in [3.05, 3.63) is 51.9 Å². The quantitative estimate of drug-likeness (QED) is 0.806. The number of hydrogen-bond acceptors (Lipinski definition) is 4. The average molecular weight is 418 g/mol. The van der Waals surface area contributed by atoms with Crippen molar-refractivity contribution in [3.63, 3.8) is 0 Å². The van der Waals surface area contributed by atoms with E-state index in [1.54, 1.807) is 12.1 Å². The Morgan fingerprint density at radius 1 is 1.23 bits per heavy atom. The Hall–Kier alpha value is -1.79. The number of likely N-dealkylation sites (tertiary alicyclic amines) is 1. The number of halogens is 1. The van der Waals surface area contributed by atoms with Crippen LogP contribution in [0.25, 0.3) is 0 Å². The van der Waals surface area contributed by atoms with E-state index in [0.717, 1.165) is 26.1 Å². The highest BCUT2D eigenvalue weighted by atomic mass is 79.9. The summed E-state index contributed by atoms with van der Waals surface area (Å²) in [4.78, 5) is 17.2. The van der Waals surface area contributed by atoms with E-state index < -0.39 is 0 Å². The molecule has 0 bridgehead atoms. The normalized spacial score (nSPS) is 18.2. The molecular formula is C20H24BrN3O2. The number of furan rings is 1. The van der Waals surface area contributed by atoms with Crippen LogP contribution in [0.5, 0.6) is 0 Å². The smallest absolute Gasteiger partial charge is 0.287 e. The van der Waals surface area contributed by atoms with Gasteiger partial charge in [-0.05, 0) is 77.6 Å². The second kappa shape index (κ2) is 7.45. The second-order valence-electron chi connectivity index (χ2n) is 7.13. The van der Waals surface area contributed by atoms with E-state index in [1.165, 1.54) is 29.7 Å². The lowest BCUT2D eigenvalue weighted by atomic mass is 10.0. The molecule has 1 saturated heterocycles. The zero-order valence-electron chi connectivity index (χ0n) is 15.0. The summed E-state index contributed by atoms with van der Waals surface area (Å²) in [7, 11) is 2.14. The number of nitrogens with zero attached hydrogens (tertiary/aromatic N) is 2. The third-order valence-corrected chi connectivity index (χ3v) is 5.88. The van der Waals surface area contributed by atoms with Crippen LogP contribution in [0.15, 0.2) is 39.4 Å². The van der Waals surface area contributed by atoms with E-state index in [1.807, 2.05) is 0 Å². The van der Waals surface area contributed by atoms with Gasteiger partial charge in [-0.1, -0.05) is 12.1 Å². The van der Waals surface area contributed by atoms with Gasteiger partial charge in [-0.3, -0.25) is 9.69 Å². The van der Waals surface area contributed by atoms with Gasteiger partial charge in [-0.25, -0.2) is 0 Å². The maximum Gasteiger partial charge on any atom is 0.287 e. The molecule has 2 aromatic rings. The molecule has 26 heavy (non-hydrogen) atoms. The van der Waals surface area contributed by atoms with Crippen LogP contribution in [0, 0.1) is 0 Å². The predicted molar refractivity (Wildman–Crippen MR) is 106 cm³/mol. The van der Waals surface area contributed by atoms with Gasteiger partial charge in [0.2, 0.25) is 0 Å². The zero-order chi connectivity index (χ0) is 18.1. The molecule has 4 rings (SSSR count). The van der Waals surface area contributed by atoms with Gasteiger partial charge in [0.05, 0.1) is 6.04 Å². The van der Waals surface area contributed by atoms with Crippen molar-refractivity contribution in [1.29, 1.82) is 0 Å². The SMILES string of the molecule is CN1CCc2cc(C(CNC(=O)c3ccc(Br)o3)N3CCCC3)ccc21. The van der Waals surface area contributed by atoms with Gasteiger partial charge in [0.25, 0.3) is 5.91 Å². The zero-order valence-corrected chi connectivity index (χ0v) is 16.6. The molecule has 0 spiro atoms. The van der Waals surface area contributed by atoms with Gasteiger partial charge in [-0.15, -0.1) is 0 Å². The molecule has 1 N–H and O–H groups in total. The molecule has 0 radical (unpaired) electrons. The first-order valence-electron chi connectivity index (χ1n) is 9.23. The maximum atomic E-state index is 12.4. The molecule has 0 saturated carbocycles. The van der Waals surface area contributed by atoms with E-state index in [2.05, 4.69) is 56.3 Å². The van der Waals surface area contributed by atoms with Crippen LogP contribution in [0.3, 0.4) is 0 Å². The fraction of sp³-hybridized carbons (Fsp3) is 0.450. The minimum Gasteiger partial charge on any atom is -0.444 e. The van der Waals surface area contributed by atoms with Crippen molar-refractivity contribution in [2.24, 2.45) is 0 Å². The van der Waals surface area contributed by atoms with Crippen LogP contribution in [0.2, 0.25) is 0 Å². The van der Waals surface area contributed by atoms with E-state index in [-0.39, 0.29) is 11.9 Å². The Bertz CT molecular complexity index is 798.